The van der Waals surface area contributed by atoms with Crippen molar-refractivity contribution in [2.75, 3.05) is 52.9 Å². The normalized spacial score (nSPS) is 16.8. The van der Waals surface area contributed by atoms with Crippen molar-refractivity contribution in [3.05, 3.63) is 34.9 Å². The minimum absolute atomic E-state index is 0.0538. The molecule has 0 bridgehead atoms. The Balaban J connectivity index is 1.28. The van der Waals surface area contributed by atoms with Crippen LogP contribution < -0.4 is 5.32 Å². The molecule has 41 heavy (non-hydrogen) atoms. The van der Waals surface area contributed by atoms with Crippen molar-refractivity contribution < 1.29 is 47.7 Å². The van der Waals surface area contributed by atoms with E-state index in [-0.39, 0.29) is 49.6 Å². The maximum absolute atomic E-state index is 13.1. The van der Waals surface area contributed by atoms with E-state index in [9.17, 15) is 24.0 Å². The average Bonchev–Trinajstić information content (AvgIpc) is 3.15. The summed E-state index contributed by atoms with van der Waals surface area (Å²) in [5.41, 5.74) is 0.180. The zero-order chi connectivity index (χ0) is 29.8. The molecule has 1 saturated heterocycles. The van der Waals surface area contributed by atoms with Crippen LogP contribution >= 0.6 is 0 Å². The van der Waals surface area contributed by atoms with Gasteiger partial charge in [0.2, 0.25) is 11.8 Å². The van der Waals surface area contributed by atoms with Gasteiger partial charge >= 0.3 is 5.97 Å². The largest absolute Gasteiger partial charge is 0.460 e. The number of piperidine rings is 1. The molecule has 1 aromatic carbocycles. The molecule has 0 spiro atoms. The Morgan fingerprint density at radius 1 is 0.927 bits per heavy atom. The van der Waals surface area contributed by atoms with E-state index < -0.39 is 35.3 Å². The Kier molecular flexibility index (Phi) is 12.0. The highest BCUT2D eigenvalue weighted by Gasteiger charge is 2.45. The summed E-state index contributed by atoms with van der Waals surface area (Å²) in [5, 5.41) is 2.18. The van der Waals surface area contributed by atoms with E-state index in [4.69, 9.17) is 23.7 Å². The van der Waals surface area contributed by atoms with Crippen molar-refractivity contribution in [2.24, 2.45) is 0 Å². The predicted molar refractivity (Wildman–Crippen MR) is 144 cm³/mol. The first-order valence-electron chi connectivity index (χ1n) is 13.4. The number of nitrogens with zero attached hydrogens (tertiary/aromatic N) is 1. The highest BCUT2D eigenvalue weighted by atomic mass is 16.6. The first kappa shape index (κ1) is 31.9. The van der Waals surface area contributed by atoms with Crippen LogP contribution in [0.1, 0.15) is 66.3 Å². The van der Waals surface area contributed by atoms with Crippen LogP contribution in [-0.4, -0.2) is 99.0 Å². The molecule has 1 unspecified atom stereocenters. The summed E-state index contributed by atoms with van der Waals surface area (Å²) < 4.78 is 26.8. The van der Waals surface area contributed by atoms with Gasteiger partial charge in [0.1, 0.15) is 18.2 Å². The first-order chi connectivity index (χ1) is 19.6. The minimum atomic E-state index is -1.03. The van der Waals surface area contributed by atoms with Crippen LogP contribution in [0.2, 0.25) is 0 Å². The quantitative estimate of drug-likeness (QED) is 0.149. The number of benzene rings is 1. The third kappa shape index (κ3) is 9.75. The fourth-order valence-electron chi connectivity index (χ4n) is 4.08. The number of hydrogen-bond donors (Lipinski definition) is 1. The second-order valence-corrected chi connectivity index (χ2v) is 10.2. The Morgan fingerprint density at radius 2 is 1.56 bits per heavy atom. The lowest BCUT2D eigenvalue weighted by Gasteiger charge is -2.27. The second kappa shape index (κ2) is 15.4. The number of hydrogen-bond acceptors (Lipinski definition) is 10. The van der Waals surface area contributed by atoms with E-state index in [2.05, 4.69) is 17.2 Å². The molecule has 4 amide bonds. The van der Waals surface area contributed by atoms with Gasteiger partial charge in [0.25, 0.3) is 11.8 Å². The third-order valence-electron chi connectivity index (χ3n) is 5.85. The van der Waals surface area contributed by atoms with Crippen LogP contribution in [0.3, 0.4) is 0 Å². The summed E-state index contributed by atoms with van der Waals surface area (Å²) in [4.78, 5) is 62.1. The molecule has 2 heterocycles. The van der Waals surface area contributed by atoms with E-state index in [1.807, 2.05) is 20.8 Å². The molecule has 3 rings (SSSR count). The number of carbonyl (C=O) groups is 5. The number of rotatable bonds is 14. The molecule has 222 valence electrons. The monoisotopic (exact) mass is 572 g/mol. The summed E-state index contributed by atoms with van der Waals surface area (Å²) in [6.07, 6.45) is 0.336. The van der Waals surface area contributed by atoms with Crippen LogP contribution in [0, 0.1) is 11.8 Å². The molecule has 0 aromatic heterocycles. The van der Waals surface area contributed by atoms with E-state index >= 15 is 0 Å². The molecule has 2 aliphatic rings. The standard InChI is InChI=1S/C29H36N2O10/c1-29(2,3)41-24(33)11-13-38-15-17-40-19-18-39-16-14-37-12-5-7-20-6-4-8-21-25(20)28(36)31(27(21)35)22-9-10-23(32)30-26(22)34/h4,6,8,22H,9-19H2,1-3H3,(H,30,32,34). The lowest BCUT2D eigenvalue weighted by atomic mass is 10.0. The van der Waals surface area contributed by atoms with Gasteiger partial charge in [0, 0.05) is 12.0 Å². The average molecular weight is 573 g/mol. The SMILES string of the molecule is CC(C)(C)OC(=O)CCOCCOCCOCCOCC#Cc1cccc2c1C(=O)N(C1CCC(=O)NC1=O)C2=O. The smallest absolute Gasteiger partial charge is 0.308 e. The van der Waals surface area contributed by atoms with Gasteiger partial charge < -0.3 is 23.7 Å². The fraction of sp³-hybridized carbons (Fsp3) is 0.552. The van der Waals surface area contributed by atoms with Crippen LogP contribution in [0.15, 0.2) is 18.2 Å². The van der Waals surface area contributed by atoms with Crippen LogP contribution in [0.25, 0.3) is 0 Å². The molecular formula is C29H36N2O10. The Hall–Kier alpha value is -3.63. The Morgan fingerprint density at radius 3 is 2.20 bits per heavy atom. The maximum Gasteiger partial charge on any atom is 0.308 e. The lowest BCUT2D eigenvalue weighted by Crippen LogP contribution is -2.54. The first-order valence-corrected chi connectivity index (χ1v) is 13.4. The zero-order valence-corrected chi connectivity index (χ0v) is 23.6. The summed E-state index contributed by atoms with van der Waals surface area (Å²) in [6.45, 7) is 7.96. The second-order valence-electron chi connectivity index (χ2n) is 10.2. The van der Waals surface area contributed by atoms with Gasteiger partial charge in [-0.3, -0.25) is 34.2 Å². The van der Waals surface area contributed by atoms with Crippen molar-refractivity contribution in [3.63, 3.8) is 0 Å². The number of ether oxygens (including phenoxy) is 5. The molecule has 12 heteroatoms. The predicted octanol–water partition coefficient (Wildman–Crippen LogP) is 1.24. The Bertz CT molecular complexity index is 1190. The van der Waals surface area contributed by atoms with E-state index in [0.29, 0.717) is 45.2 Å². The van der Waals surface area contributed by atoms with Gasteiger partial charge in [-0.25, -0.2) is 0 Å². The van der Waals surface area contributed by atoms with Crippen molar-refractivity contribution in [1.82, 2.24) is 10.2 Å². The van der Waals surface area contributed by atoms with Gasteiger partial charge in [-0.2, -0.15) is 0 Å². The number of nitrogens with one attached hydrogen (secondary N) is 1. The molecule has 1 fully saturated rings. The third-order valence-corrected chi connectivity index (χ3v) is 5.85. The maximum atomic E-state index is 13.1. The molecule has 0 aliphatic carbocycles. The highest BCUT2D eigenvalue weighted by molar-refractivity contribution is 6.24. The molecule has 1 N–H and O–H groups in total. The molecule has 12 nitrogen and oxygen atoms in total. The minimum Gasteiger partial charge on any atom is -0.460 e. The summed E-state index contributed by atoms with van der Waals surface area (Å²) in [6, 6.07) is 3.73. The molecular weight excluding hydrogens is 536 g/mol. The number of carbonyl (C=O) groups excluding carboxylic acids is 5. The van der Waals surface area contributed by atoms with Gasteiger partial charge in [-0.1, -0.05) is 17.9 Å². The van der Waals surface area contributed by atoms with Crippen LogP contribution in [-0.2, 0) is 38.1 Å². The van der Waals surface area contributed by atoms with E-state index in [0.717, 1.165) is 4.90 Å². The van der Waals surface area contributed by atoms with Crippen molar-refractivity contribution in [2.45, 2.75) is 51.7 Å². The highest BCUT2D eigenvalue weighted by Crippen LogP contribution is 2.29. The molecule has 0 saturated carbocycles. The molecule has 1 aromatic rings. The van der Waals surface area contributed by atoms with Crippen LogP contribution in [0.4, 0.5) is 0 Å². The molecule has 2 aliphatic heterocycles. The van der Waals surface area contributed by atoms with Crippen molar-refractivity contribution in [3.8, 4) is 11.8 Å². The topological polar surface area (TPSA) is 147 Å². The fourth-order valence-corrected chi connectivity index (χ4v) is 4.08. The van der Waals surface area contributed by atoms with E-state index in [1.54, 1.807) is 12.1 Å². The Labute approximate surface area is 238 Å². The van der Waals surface area contributed by atoms with Crippen LogP contribution in [0.5, 0.6) is 0 Å². The number of fused-ring (bicyclic) bond motifs is 1. The zero-order valence-electron chi connectivity index (χ0n) is 23.6. The van der Waals surface area contributed by atoms with Gasteiger partial charge in [0.15, 0.2) is 0 Å². The number of esters is 1. The van der Waals surface area contributed by atoms with Gasteiger partial charge in [-0.15, -0.1) is 0 Å². The number of imide groups is 2. The van der Waals surface area contributed by atoms with E-state index in [1.165, 1.54) is 6.07 Å². The summed E-state index contributed by atoms with van der Waals surface area (Å²) >= 11 is 0. The number of amides is 4. The summed E-state index contributed by atoms with van der Waals surface area (Å²) in [7, 11) is 0. The van der Waals surface area contributed by atoms with Gasteiger partial charge in [-0.05, 0) is 39.3 Å². The molecule has 1 atom stereocenters. The summed E-state index contributed by atoms with van der Waals surface area (Å²) in [5.74, 6) is 3.13. The molecule has 0 radical (unpaired) electrons. The van der Waals surface area contributed by atoms with Crippen molar-refractivity contribution >= 4 is 29.6 Å². The lowest BCUT2D eigenvalue weighted by molar-refractivity contribution is -0.156. The van der Waals surface area contributed by atoms with Gasteiger partial charge in [0.05, 0.1) is 63.8 Å². The van der Waals surface area contributed by atoms with Crippen molar-refractivity contribution in [1.29, 1.82) is 0 Å².